The molecule has 0 atom stereocenters. The lowest BCUT2D eigenvalue weighted by molar-refractivity contribution is -0.117. The molecule has 1 aliphatic heterocycles. The van der Waals surface area contributed by atoms with Gasteiger partial charge in [0, 0.05) is 4.90 Å². The molecular weight excluding hydrogens is 208 g/mol. The van der Waals surface area contributed by atoms with Crippen molar-refractivity contribution in [3.8, 4) is 0 Å². The minimum atomic E-state index is -0.00478. The Morgan fingerprint density at radius 1 is 1.53 bits per heavy atom. The fourth-order valence-corrected chi connectivity index (χ4v) is 2.26. The van der Waals surface area contributed by atoms with Crippen molar-refractivity contribution in [2.45, 2.75) is 11.8 Å². The molecule has 1 aliphatic rings. The summed E-state index contributed by atoms with van der Waals surface area (Å²) in [5.41, 5.74) is 1.25. The molecule has 1 aromatic carbocycles. The molecule has 0 aromatic heterocycles. The second kappa shape index (κ2) is 4.49. The summed E-state index contributed by atoms with van der Waals surface area (Å²) < 4.78 is 0. The minimum Gasteiger partial charge on any atom is -0.312 e. The number of nitrogens with zero attached hydrogens (tertiary/aromatic N) is 1. The zero-order chi connectivity index (χ0) is 10.7. The summed E-state index contributed by atoms with van der Waals surface area (Å²) in [6, 6.07) is 8.29. The summed E-state index contributed by atoms with van der Waals surface area (Å²) in [7, 11) is 0. The topological polar surface area (TPSA) is 41.5 Å². The van der Waals surface area contributed by atoms with Crippen molar-refractivity contribution >= 4 is 23.5 Å². The second-order valence-electron chi connectivity index (χ2n) is 3.42. The SMILES string of the molecule is Cc1cccc(SCC2=NCC(=O)N2)c1. The van der Waals surface area contributed by atoms with Crippen LogP contribution < -0.4 is 5.32 Å². The Bertz CT molecular complexity index is 415. The number of thioether (sulfide) groups is 1. The van der Waals surface area contributed by atoms with Crippen LogP contribution in [-0.2, 0) is 4.79 Å². The number of benzene rings is 1. The van der Waals surface area contributed by atoms with E-state index in [1.165, 1.54) is 10.5 Å². The molecule has 1 N–H and O–H groups in total. The molecule has 0 saturated carbocycles. The van der Waals surface area contributed by atoms with Crippen LogP contribution in [0.1, 0.15) is 5.56 Å². The van der Waals surface area contributed by atoms with Gasteiger partial charge >= 0.3 is 0 Å². The number of carbonyl (C=O) groups is 1. The molecule has 1 aromatic rings. The van der Waals surface area contributed by atoms with Gasteiger partial charge in [-0.15, -0.1) is 11.8 Å². The predicted molar refractivity (Wildman–Crippen MR) is 62.3 cm³/mol. The van der Waals surface area contributed by atoms with Gasteiger partial charge in [-0.3, -0.25) is 9.79 Å². The van der Waals surface area contributed by atoms with Crippen LogP contribution in [0.5, 0.6) is 0 Å². The first-order valence-corrected chi connectivity index (χ1v) is 5.75. The van der Waals surface area contributed by atoms with Crippen LogP contribution in [0.15, 0.2) is 34.2 Å². The Morgan fingerprint density at radius 3 is 3.07 bits per heavy atom. The van der Waals surface area contributed by atoms with E-state index < -0.39 is 0 Å². The minimum absolute atomic E-state index is 0.00478. The Morgan fingerprint density at radius 2 is 2.40 bits per heavy atom. The standard InChI is InChI=1S/C11H12N2OS/c1-8-3-2-4-9(5-8)15-7-10-12-6-11(14)13-10/h2-5H,6-7H2,1H3,(H,12,13,14). The third-order valence-electron chi connectivity index (χ3n) is 2.06. The van der Waals surface area contributed by atoms with E-state index in [-0.39, 0.29) is 12.5 Å². The lowest BCUT2D eigenvalue weighted by atomic mass is 10.2. The van der Waals surface area contributed by atoms with Gasteiger partial charge in [-0.1, -0.05) is 17.7 Å². The maximum atomic E-state index is 10.9. The molecule has 78 valence electrons. The normalized spacial score (nSPS) is 15.0. The number of aryl methyl sites for hydroxylation is 1. The van der Waals surface area contributed by atoms with Crippen LogP contribution in [0, 0.1) is 6.92 Å². The molecule has 0 aliphatic carbocycles. The molecule has 1 amide bonds. The monoisotopic (exact) mass is 220 g/mol. The highest BCUT2D eigenvalue weighted by atomic mass is 32.2. The molecule has 0 fully saturated rings. The summed E-state index contributed by atoms with van der Waals surface area (Å²) in [6.07, 6.45) is 0. The second-order valence-corrected chi connectivity index (χ2v) is 4.47. The molecule has 4 heteroatoms. The molecular formula is C11H12N2OS. The zero-order valence-corrected chi connectivity index (χ0v) is 9.30. The molecule has 0 bridgehead atoms. The Balaban J connectivity index is 1.91. The van der Waals surface area contributed by atoms with Gasteiger partial charge in [0.15, 0.2) is 0 Å². The third kappa shape index (κ3) is 2.83. The van der Waals surface area contributed by atoms with Gasteiger partial charge < -0.3 is 5.32 Å². The zero-order valence-electron chi connectivity index (χ0n) is 8.49. The average Bonchev–Trinajstić information content (AvgIpc) is 2.62. The van der Waals surface area contributed by atoms with Gasteiger partial charge in [-0.25, -0.2) is 0 Å². The van der Waals surface area contributed by atoms with E-state index in [4.69, 9.17) is 0 Å². The molecule has 1 heterocycles. The van der Waals surface area contributed by atoms with Crippen LogP contribution >= 0.6 is 11.8 Å². The first-order valence-electron chi connectivity index (χ1n) is 4.77. The van der Waals surface area contributed by atoms with E-state index in [1.807, 2.05) is 6.07 Å². The number of nitrogens with one attached hydrogen (secondary N) is 1. The molecule has 0 saturated heterocycles. The van der Waals surface area contributed by atoms with Gasteiger partial charge in [-0.2, -0.15) is 0 Å². The van der Waals surface area contributed by atoms with Gasteiger partial charge in [0.1, 0.15) is 12.4 Å². The van der Waals surface area contributed by atoms with E-state index in [2.05, 4.69) is 35.4 Å². The number of amidine groups is 1. The lowest BCUT2D eigenvalue weighted by Gasteiger charge is -2.02. The van der Waals surface area contributed by atoms with Crippen LogP contribution in [-0.4, -0.2) is 24.0 Å². The van der Waals surface area contributed by atoms with E-state index in [0.717, 1.165) is 11.6 Å². The van der Waals surface area contributed by atoms with E-state index in [0.29, 0.717) is 0 Å². The summed E-state index contributed by atoms with van der Waals surface area (Å²) in [5, 5.41) is 2.73. The van der Waals surface area contributed by atoms with E-state index in [9.17, 15) is 4.79 Å². The first-order chi connectivity index (χ1) is 7.24. The average molecular weight is 220 g/mol. The Hall–Kier alpha value is -1.29. The number of carbonyl (C=O) groups excluding carboxylic acids is 1. The number of hydrogen-bond acceptors (Lipinski definition) is 3. The van der Waals surface area contributed by atoms with Crippen molar-refractivity contribution < 1.29 is 4.79 Å². The van der Waals surface area contributed by atoms with Gasteiger partial charge in [0.05, 0.1) is 5.75 Å². The van der Waals surface area contributed by atoms with Crippen LogP contribution in [0.3, 0.4) is 0 Å². The lowest BCUT2D eigenvalue weighted by Crippen LogP contribution is -2.25. The van der Waals surface area contributed by atoms with Crippen LogP contribution in [0.2, 0.25) is 0 Å². The molecule has 3 nitrogen and oxygen atoms in total. The first kappa shape index (κ1) is 10.2. The summed E-state index contributed by atoms with van der Waals surface area (Å²) in [5.74, 6) is 1.51. The smallest absolute Gasteiger partial charge is 0.247 e. The number of rotatable bonds is 3. The van der Waals surface area contributed by atoms with Crippen molar-refractivity contribution in [1.29, 1.82) is 0 Å². The Labute approximate surface area is 93.0 Å². The molecule has 0 spiro atoms. The van der Waals surface area contributed by atoms with Crippen molar-refractivity contribution in [3.05, 3.63) is 29.8 Å². The highest BCUT2D eigenvalue weighted by Gasteiger charge is 2.12. The Kier molecular flexibility index (Phi) is 3.06. The molecule has 15 heavy (non-hydrogen) atoms. The van der Waals surface area contributed by atoms with Gasteiger partial charge in [-0.05, 0) is 19.1 Å². The van der Waals surface area contributed by atoms with Crippen molar-refractivity contribution in [2.24, 2.45) is 4.99 Å². The fraction of sp³-hybridized carbons (Fsp3) is 0.273. The molecule has 0 unspecified atom stereocenters. The van der Waals surface area contributed by atoms with Gasteiger partial charge in [0.2, 0.25) is 5.91 Å². The predicted octanol–water partition coefficient (Wildman–Crippen LogP) is 1.62. The summed E-state index contributed by atoms with van der Waals surface area (Å²) >= 11 is 1.69. The van der Waals surface area contributed by atoms with Crippen molar-refractivity contribution in [2.75, 3.05) is 12.3 Å². The molecule has 2 rings (SSSR count). The number of amides is 1. The van der Waals surface area contributed by atoms with Crippen molar-refractivity contribution in [1.82, 2.24) is 5.32 Å². The maximum Gasteiger partial charge on any atom is 0.247 e. The van der Waals surface area contributed by atoms with Crippen molar-refractivity contribution in [3.63, 3.8) is 0 Å². The maximum absolute atomic E-state index is 10.9. The summed E-state index contributed by atoms with van der Waals surface area (Å²) in [6.45, 7) is 2.35. The summed E-state index contributed by atoms with van der Waals surface area (Å²) in [4.78, 5) is 16.2. The molecule has 0 radical (unpaired) electrons. The van der Waals surface area contributed by atoms with Gasteiger partial charge in [0.25, 0.3) is 0 Å². The fourth-order valence-electron chi connectivity index (χ4n) is 1.35. The number of hydrogen-bond donors (Lipinski definition) is 1. The quantitative estimate of drug-likeness (QED) is 0.786. The van der Waals surface area contributed by atoms with E-state index >= 15 is 0 Å². The highest BCUT2D eigenvalue weighted by Crippen LogP contribution is 2.18. The van der Waals surface area contributed by atoms with E-state index in [1.54, 1.807) is 11.8 Å². The highest BCUT2D eigenvalue weighted by molar-refractivity contribution is 8.00. The number of aliphatic imine (C=N–C) groups is 1. The van der Waals surface area contributed by atoms with Crippen LogP contribution in [0.25, 0.3) is 0 Å². The third-order valence-corrected chi connectivity index (χ3v) is 3.07. The van der Waals surface area contributed by atoms with Crippen LogP contribution in [0.4, 0.5) is 0 Å². The largest absolute Gasteiger partial charge is 0.312 e.